The molecule has 0 saturated heterocycles. The minimum atomic E-state index is -2.79. The first-order valence-electron chi connectivity index (χ1n) is 10.4. The molecule has 0 heterocycles. The van der Waals surface area contributed by atoms with Gasteiger partial charge >= 0.3 is 8.32 Å². The van der Waals surface area contributed by atoms with Gasteiger partial charge in [0.05, 0.1) is 0 Å². The van der Waals surface area contributed by atoms with Gasteiger partial charge in [0.2, 0.25) is 0 Å². The predicted molar refractivity (Wildman–Crippen MR) is 132 cm³/mol. The monoisotopic (exact) mass is 448 g/mol. The Morgan fingerprint density at radius 1 is 0.806 bits per heavy atom. The van der Waals surface area contributed by atoms with Crippen LogP contribution in [0, 0.1) is 5.82 Å². The molecule has 0 aromatic heterocycles. The van der Waals surface area contributed by atoms with Crippen molar-refractivity contribution in [1.82, 2.24) is 0 Å². The number of hydrogen-bond acceptors (Lipinski definition) is 1. The summed E-state index contributed by atoms with van der Waals surface area (Å²) < 4.78 is 21.2. The molecule has 31 heavy (non-hydrogen) atoms. The summed E-state index contributed by atoms with van der Waals surface area (Å²) in [7, 11) is -2.79. The predicted octanol–water partition coefficient (Wildman–Crippen LogP) is 6.66. The highest BCUT2D eigenvalue weighted by atomic mass is 35.5. The molecule has 0 atom stereocenters. The Labute approximate surface area is 189 Å². The van der Waals surface area contributed by atoms with E-state index in [0.717, 1.165) is 22.1 Å². The molecule has 4 aromatic rings. The summed E-state index contributed by atoms with van der Waals surface area (Å²) in [6.45, 7) is 6.73. The third-order valence-electron chi connectivity index (χ3n) is 5.77. The fourth-order valence-corrected chi connectivity index (χ4v) is 8.92. The summed E-state index contributed by atoms with van der Waals surface area (Å²) in [5, 5.41) is 3.91. The molecule has 0 unspecified atom stereocenters. The Bertz CT molecular complexity index is 1150. The molecule has 0 aliphatic rings. The van der Waals surface area contributed by atoms with Gasteiger partial charge in [-0.05, 0) is 56.7 Å². The van der Waals surface area contributed by atoms with Gasteiger partial charge < -0.3 is 4.43 Å². The minimum Gasteiger partial charge on any atom is -0.534 e. The Kier molecular flexibility index (Phi) is 5.91. The maximum atomic E-state index is 14.0. The van der Waals surface area contributed by atoms with Gasteiger partial charge in [-0.15, -0.1) is 11.6 Å². The van der Waals surface area contributed by atoms with E-state index in [9.17, 15) is 4.39 Å². The Hall–Kier alpha value is -2.62. The molecule has 4 heteroatoms. The summed E-state index contributed by atoms with van der Waals surface area (Å²) in [4.78, 5) is 0. The molecule has 0 fully saturated rings. The lowest BCUT2D eigenvalue weighted by atomic mass is 10.1. The fraction of sp³-hybridized carbons (Fsp3) is 0.185. The van der Waals surface area contributed by atoms with E-state index in [1.54, 1.807) is 12.1 Å². The number of rotatable bonds is 5. The first-order valence-corrected chi connectivity index (χ1v) is 12.9. The molecule has 0 radical (unpaired) electrons. The van der Waals surface area contributed by atoms with E-state index in [0.29, 0.717) is 5.88 Å². The van der Waals surface area contributed by atoms with Crippen molar-refractivity contribution in [1.29, 1.82) is 0 Å². The lowest BCUT2D eigenvalue weighted by Crippen LogP contribution is -2.68. The molecular formula is C27H26ClFOSi. The van der Waals surface area contributed by atoms with Gasteiger partial charge in [-0.25, -0.2) is 4.39 Å². The average molecular weight is 449 g/mol. The van der Waals surface area contributed by atoms with Gasteiger partial charge in [0, 0.05) is 11.3 Å². The van der Waals surface area contributed by atoms with Crippen molar-refractivity contribution in [3.63, 3.8) is 0 Å². The van der Waals surface area contributed by atoms with Gasteiger partial charge in [0.25, 0.3) is 0 Å². The summed E-state index contributed by atoms with van der Waals surface area (Å²) in [6.07, 6.45) is 0. The first kappa shape index (κ1) is 21.6. The number of alkyl halides is 1. The largest absolute Gasteiger partial charge is 0.534 e. The summed E-state index contributed by atoms with van der Waals surface area (Å²) in [6, 6.07) is 29.8. The van der Waals surface area contributed by atoms with E-state index in [1.807, 2.05) is 24.3 Å². The highest BCUT2D eigenvalue weighted by molar-refractivity contribution is 7.00. The topological polar surface area (TPSA) is 9.23 Å². The molecule has 4 rings (SSSR count). The molecular weight excluding hydrogens is 423 g/mol. The van der Waals surface area contributed by atoms with Crippen LogP contribution in [0.15, 0.2) is 91.0 Å². The van der Waals surface area contributed by atoms with Crippen LogP contribution in [0.2, 0.25) is 5.04 Å². The molecule has 0 amide bonds. The van der Waals surface area contributed by atoms with E-state index >= 15 is 0 Å². The molecule has 0 saturated carbocycles. The van der Waals surface area contributed by atoms with Crippen LogP contribution in [0.4, 0.5) is 4.39 Å². The van der Waals surface area contributed by atoms with E-state index in [1.165, 1.54) is 16.4 Å². The Morgan fingerprint density at radius 3 is 1.90 bits per heavy atom. The third-order valence-corrected chi connectivity index (χ3v) is 11.0. The van der Waals surface area contributed by atoms with Crippen molar-refractivity contribution in [2.75, 3.05) is 0 Å². The Balaban J connectivity index is 2.03. The third kappa shape index (κ3) is 4.00. The van der Waals surface area contributed by atoms with Crippen molar-refractivity contribution >= 4 is 41.1 Å². The van der Waals surface area contributed by atoms with Crippen LogP contribution in [0.25, 0.3) is 10.8 Å². The number of halogens is 2. The van der Waals surface area contributed by atoms with Crippen LogP contribution < -0.4 is 14.8 Å². The fourth-order valence-electron chi connectivity index (χ4n) is 4.34. The number of hydrogen-bond donors (Lipinski definition) is 0. The van der Waals surface area contributed by atoms with Crippen molar-refractivity contribution in [3.8, 4) is 5.75 Å². The highest BCUT2D eigenvalue weighted by Crippen LogP contribution is 2.40. The number of benzene rings is 4. The van der Waals surface area contributed by atoms with Gasteiger partial charge in [0.1, 0.15) is 11.6 Å². The zero-order valence-electron chi connectivity index (χ0n) is 18.0. The maximum absolute atomic E-state index is 14.0. The smallest absolute Gasteiger partial charge is 0.319 e. The summed E-state index contributed by atoms with van der Waals surface area (Å²) in [5.74, 6) is 0.821. The first-order chi connectivity index (χ1) is 14.8. The molecule has 1 nitrogen and oxygen atoms in total. The lowest BCUT2D eigenvalue weighted by Gasteiger charge is -2.43. The van der Waals surface area contributed by atoms with Gasteiger partial charge in [-0.1, -0.05) is 81.4 Å². The standard InChI is InChI=1S/C27H26ClFOSi/c1-27(2,3)31(23-10-6-4-7-11-23,24-12-8-5-9-13-24)30-26-17-20(19-28)16-21-18-22(29)14-15-25(21)26/h4-18H,19H2,1-3H3. The van der Waals surface area contributed by atoms with E-state index < -0.39 is 8.32 Å². The van der Waals surface area contributed by atoms with Crippen molar-refractivity contribution in [2.24, 2.45) is 0 Å². The SMILES string of the molecule is CC(C)(C)[Si](Oc1cc(CCl)cc2cc(F)ccc12)(c1ccccc1)c1ccccc1. The quantitative estimate of drug-likeness (QED) is 0.245. The van der Waals surface area contributed by atoms with Gasteiger partial charge in [-0.2, -0.15) is 0 Å². The number of fused-ring (bicyclic) bond motifs is 1. The minimum absolute atomic E-state index is 0.168. The van der Waals surface area contributed by atoms with E-state index in [-0.39, 0.29) is 10.9 Å². The van der Waals surface area contributed by atoms with Crippen LogP contribution in [0.5, 0.6) is 5.75 Å². The zero-order valence-corrected chi connectivity index (χ0v) is 19.8. The highest BCUT2D eigenvalue weighted by Gasteiger charge is 2.52. The summed E-state index contributed by atoms with van der Waals surface area (Å²) >= 11 is 6.20. The Morgan fingerprint density at radius 2 is 1.39 bits per heavy atom. The van der Waals surface area contributed by atoms with E-state index in [4.69, 9.17) is 16.0 Å². The van der Waals surface area contributed by atoms with Gasteiger partial charge in [-0.3, -0.25) is 0 Å². The zero-order chi connectivity index (χ0) is 22.1. The molecule has 0 N–H and O–H groups in total. The molecule has 158 valence electrons. The molecule has 0 aliphatic carbocycles. The second kappa shape index (κ2) is 8.49. The normalized spacial score (nSPS) is 12.2. The van der Waals surface area contributed by atoms with Crippen LogP contribution in [0.3, 0.4) is 0 Å². The molecule has 4 aromatic carbocycles. The van der Waals surface area contributed by atoms with Crippen molar-refractivity contribution in [3.05, 3.63) is 102 Å². The summed E-state index contributed by atoms with van der Waals surface area (Å²) in [5.41, 5.74) is 0.910. The molecule has 0 bridgehead atoms. The second-order valence-corrected chi connectivity index (χ2v) is 13.3. The maximum Gasteiger partial charge on any atom is 0.319 e. The van der Waals surface area contributed by atoms with Gasteiger partial charge in [0.15, 0.2) is 0 Å². The van der Waals surface area contributed by atoms with Crippen molar-refractivity contribution < 1.29 is 8.82 Å². The lowest BCUT2D eigenvalue weighted by molar-refractivity contribution is 0.512. The van der Waals surface area contributed by atoms with Crippen LogP contribution in [0.1, 0.15) is 26.3 Å². The van der Waals surface area contributed by atoms with Crippen LogP contribution in [-0.2, 0) is 5.88 Å². The molecule has 0 aliphatic heterocycles. The molecule has 0 spiro atoms. The average Bonchev–Trinajstić information content (AvgIpc) is 2.77. The second-order valence-electron chi connectivity index (χ2n) is 8.86. The van der Waals surface area contributed by atoms with Crippen molar-refractivity contribution in [2.45, 2.75) is 31.7 Å². The van der Waals surface area contributed by atoms with Crippen LogP contribution >= 0.6 is 11.6 Å². The van der Waals surface area contributed by atoms with E-state index in [2.05, 4.69) is 69.3 Å². The van der Waals surface area contributed by atoms with Crippen LogP contribution in [-0.4, -0.2) is 8.32 Å².